The van der Waals surface area contributed by atoms with Crippen molar-refractivity contribution in [2.75, 3.05) is 13.2 Å². The largest absolute Gasteiger partial charge is 0.488 e. The molecule has 0 aliphatic carbocycles. The highest BCUT2D eigenvalue weighted by Gasteiger charge is 2.25. The van der Waals surface area contributed by atoms with Crippen LogP contribution in [0, 0.1) is 6.92 Å². The molecule has 2 aromatic heterocycles. The molecule has 0 fully saturated rings. The van der Waals surface area contributed by atoms with Crippen LogP contribution in [0.3, 0.4) is 0 Å². The van der Waals surface area contributed by atoms with Gasteiger partial charge in [0.2, 0.25) is 0 Å². The van der Waals surface area contributed by atoms with Crippen molar-refractivity contribution in [1.29, 1.82) is 0 Å². The van der Waals surface area contributed by atoms with Gasteiger partial charge in [0.05, 0.1) is 43.1 Å². The standard InChI is InChI=1S/C26H31N3O4S.O2S/c1-5-18(6-2)33-23-12-20(32-19-9-8-16(4)27-14-19)10-17-11-22(29-25(17)23)26-28-15-21(34-26)13-24(30)31-7-3;1-3-2/h8-12,14,18,21,29H,5-7,13,15H2,1-4H3;. The Balaban J connectivity index is 0.00000121. The van der Waals surface area contributed by atoms with Crippen molar-refractivity contribution in [3.63, 3.8) is 0 Å². The highest BCUT2D eigenvalue weighted by atomic mass is 32.2. The van der Waals surface area contributed by atoms with Crippen LogP contribution in [0.2, 0.25) is 0 Å². The van der Waals surface area contributed by atoms with Crippen LogP contribution in [0.15, 0.2) is 41.5 Å². The van der Waals surface area contributed by atoms with E-state index in [0.29, 0.717) is 31.1 Å². The number of thioether (sulfide) groups is 1. The number of carbonyl (C=O) groups excluding carboxylic acids is 1. The Morgan fingerprint density at radius 2 is 1.92 bits per heavy atom. The number of pyridine rings is 1. The summed E-state index contributed by atoms with van der Waals surface area (Å²) >= 11 is 0.858. The minimum Gasteiger partial charge on any atom is -0.488 e. The van der Waals surface area contributed by atoms with Gasteiger partial charge in [-0.3, -0.25) is 14.8 Å². The molecule has 4 rings (SSSR count). The zero-order valence-electron chi connectivity index (χ0n) is 21.3. The zero-order chi connectivity index (χ0) is 26.8. The molecule has 37 heavy (non-hydrogen) atoms. The molecule has 0 bridgehead atoms. The maximum Gasteiger partial charge on any atom is 0.335 e. The molecular formula is C26H31N3O6S2. The van der Waals surface area contributed by atoms with E-state index in [-0.39, 0.29) is 17.3 Å². The van der Waals surface area contributed by atoms with Gasteiger partial charge >= 0.3 is 17.5 Å². The number of hydrogen-bond donors (Lipinski definition) is 1. The van der Waals surface area contributed by atoms with Gasteiger partial charge in [-0.15, -0.1) is 0 Å². The summed E-state index contributed by atoms with van der Waals surface area (Å²) in [4.78, 5) is 24.4. The fourth-order valence-electron chi connectivity index (χ4n) is 3.82. The summed E-state index contributed by atoms with van der Waals surface area (Å²) < 4.78 is 34.1. The number of carbonyl (C=O) groups is 1. The number of rotatable bonds is 10. The molecule has 9 nitrogen and oxygen atoms in total. The number of ether oxygens (including phenoxy) is 3. The van der Waals surface area contributed by atoms with Crippen LogP contribution in [0.1, 0.15) is 51.4 Å². The predicted octanol–water partition coefficient (Wildman–Crippen LogP) is 5.38. The van der Waals surface area contributed by atoms with E-state index in [0.717, 1.165) is 45.9 Å². The van der Waals surface area contributed by atoms with Gasteiger partial charge in [-0.2, -0.15) is 8.42 Å². The van der Waals surface area contributed by atoms with Gasteiger partial charge in [0.1, 0.15) is 22.3 Å². The molecule has 1 unspecified atom stereocenters. The molecule has 3 aromatic rings. The molecule has 0 radical (unpaired) electrons. The van der Waals surface area contributed by atoms with E-state index in [1.807, 2.05) is 38.1 Å². The van der Waals surface area contributed by atoms with Crippen LogP contribution in [-0.2, 0) is 21.1 Å². The number of aliphatic imine (C=N–C) groups is 1. The first-order chi connectivity index (χ1) is 17.9. The maximum absolute atomic E-state index is 11.9. The Morgan fingerprint density at radius 1 is 1.16 bits per heavy atom. The number of esters is 1. The lowest BCUT2D eigenvalue weighted by atomic mass is 10.2. The van der Waals surface area contributed by atoms with E-state index < -0.39 is 11.6 Å². The van der Waals surface area contributed by atoms with Crippen molar-refractivity contribution in [2.24, 2.45) is 4.99 Å². The summed E-state index contributed by atoms with van der Waals surface area (Å²) in [7, 11) is 0. The number of benzene rings is 1. The summed E-state index contributed by atoms with van der Waals surface area (Å²) in [5.74, 6) is 1.93. The second kappa shape index (κ2) is 13.9. The fourth-order valence-corrected chi connectivity index (χ4v) is 4.89. The van der Waals surface area contributed by atoms with E-state index in [1.54, 1.807) is 18.0 Å². The first kappa shape index (κ1) is 28.4. The quantitative estimate of drug-likeness (QED) is 0.337. The highest BCUT2D eigenvalue weighted by Crippen LogP contribution is 2.37. The third-order valence-electron chi connectivity index (χ3n) is 5.64. The van der Waals surface area contributed by atoms with Gasteiger partial charge in [-0.25, -0.2) is 0 Å². The van der Waals surface area contributed by atoms with Crippen molar-refractivity contribution < 1.29 is 27.4 Å². The second-order valence-electron chi connectivity index (χ2n) is 8.33. The second-order valence-corrected chi connectivity index (χ2v) is 9.75. The van der Waals surface area contributed by atoms with Crippen LogP contribution in [0.25, 0.3) is 10.9 Å². The van der Waals surface area contributed by atoms with E-state index >= 15 is 0 Å². The number of aromatic amines is 1. The number of aryl methyl sites for hydroxylation is 1. The molecule has 0 amide bonds. The summed E-state index contributed by atoms with van der Waals surface area (Å²) in [6.45, 7) is 9.00. The van der Waals surface area contributed by atoms with Gasteiger partial charge in [-0.1, -0.05) is 25.6 Å². The Kier molecular flexibility index (Phi) is 10.7. The molecule has 1 N–H and O–H groups in total. The average molecular weight is 546 g/mol. The molecule has 1 aromatic carbocycles. The van der Waals surface area contributed by atoms with Gasteiger partial charge in [-0.05, 0) is 51.0 Å². The maximum atomic E-state index is 11.9. The van der Waals surface area contributed by atoms with E-state index in [1.165, 1.54) is 0 Å². The number of aromatic nitrogens is 2. The van der Waals surface area contributed by atoms with Crippen LogP contribution < -0.4 is 9.47 Å². The third kappa shape index (κ3) is 7.90. The Bertz CT molecular complexity index is 1270. The van der Waals surface area contributed by atoms with Crippen molar-refractivity contribution in [3.05, 3.63) is 47.9 Å². The SMILES string of the molecule is CCOC(=O)CC1CN=C(c2cc3cc(Oc4ccc(C)nc4)cc(OC(CC)CC)c3[nH]2)S1.O=S=O. The van der Waals surface area contributed by atoms with Gasteiger partial charge in [0, 0.05) is 22.4 Å². The fraction of sp³-hybridized carbons (Fsp3) is 0.423. The Morgan fingerprint density at radius 3 is 2.57 bits per heavy atom. The van der Waals surface area contributed by atoms with Gasteiger partial charge < -0.3 is 19.2 Å². The monoisotopic (exact) mass is 545 g/mol. The summed E-state index contributed by atoms with van der Waals surface area (Å²) in [5.41, 5.74) is 2.76. The molecule has 0 saturated heterocycles. The minimum atomic E-state index is -0.750. The molecule has 0 spiro atoms. The first-order valence-electron chi connectivity index (χ1n) is 12.1. The number of nitrogens with zero attached hydrogens (tertiary/aromatic N) is 2. The number of fused-ring (bicyclic) bond motifs is 1. The number of hydrogen-bond acceptors (Lipinski definition) is 9. The molecule has 1 aliphatic heterocycles. The van der Waals surface area contributed by atoms with Crippen molar-refractivity contribution in [1.82, 2.24) is 9.97 Å². The van der Waals surface area contributed by atoms with Crippen LogP contribution in [-0.4, -0.2) is 53.9 Å². The topological polar surface area (TPSA) is 120 Å². The summed E-state index contributed by atoms with van der Waals surface area (Å²) in [6, 6.07) is 9.81. The van der Waals surface area contributed by atoms with Gasteiger partial charge in [0.25, 0.3) is 0 Å². The molecule has 11 heteroatoms. The van der Waals surface area contributed by atoms with Crippen LogP contribution in [0.4, 0.5) is 0 Å². The normalized spacial score (nSPS) is 14.6. The number of nitrogens with one attached hydrogen (secondary N) is 1. The van der Waals surface area contributed by atoms with Crippen molar-refractivity contribution in [3.8, 4) is 17.2 Å². The van der Waals surface area contributed by atoms with E-state index in [9.17, 15) is 4.79 Å². The smallest absolute Gasteiger partial charge is 0.335 e. The van der Waals surface area contributed by atoms with Crippen LogP contribution >= 0.6 is 11.8 Å². The lowest BCUT2D eigenvalue weighted by molar-refractivity contribution is -0.143. The molecular weight excluding hydrogens is 514 g/mol. The third-order valence-corrected chi connectivity index (χ3v) is 6.86. The predicted molar refractivity (Wildman–Crippen MR) is 145 cm³/mol. The first-order valence-corrected chi connectivity index (χ1v) is 13.7. The lowest BCUT2D eigenvalue weighted by Gasteiger charge is -2.17. The molecule has 1 atom stereocenters. The summed E-state index contributed by atoms with van der Waals surface area (Å²) in [6.07, 6.45) is 4.01. The molecule has 3 heterocycles. The molecule has 0 saturated carbocycles. The zero-order valence-corrected chi connectivity index (χ0v) is 22.9. The molecule has 1 aliphatic rings. The average Bonchev–Trinajstić information content (AvgIpc) is 3.51. The minimum absolute atomic E-state index is 0.0914. The molecule has 198 valence electrons. The Labute approximate surface area is 224 Å². The van der Waals surface area contributed by atoms with Crippen molar-refractivity contribution >= 4 is 45.2 Å². The van der Waals surface area contributed by atoms with Crippen molar-refractivity contribution in [2.45, 2.75) is 58.3 Å². The summed E-state index contributed by atoms with van der Waals surface area (Å²) in [5, 5.41) is 1.96. The lowest BCUT2D eigenvalue weighted by Crippen LogP contribution is -2.14. The van der Waals surface area contributed by atoms with Crippen LogP contribution in [0.5, 0.6) is 17.2 Å². The van der Waals surface area contributed by atoms with E-state index in [2.05, 4.69) is 34.9 Å². The van der Waals surface area contributed by atoms with E-state index in [4.69, 9.17) is 22.6 Å². The Hall–Kier alpha value is -3.18. The number of H-pyrrole nitrogens is 1. The highest BCUT2D eigenvalue weighted by molar-refractivity contribution is 8.15. The van der Waals surface area contributed by atoms with Gasteiger partial charge in [0.15, 0.2) is 0 Å².